The molecular formula is C31H31N5O3S. The van der Waals surface area contributed by atoms with Crippen molar-refractivity contribution in [1.82, 2.24) is 10.2 Å². The molecule has 2 aliphatic heterocycles. The Hall–Kier alpha value is -4.24. The number of aliphatic imine (C=N–C) groups is 2. The van der Waals surface area contributed by atoms with E-state index in [9.17, 15) is 14.4 Å². The van der Waals surface area contributed by atoms with Crippen LogP contribution in [0.4, 0.5) is 11.4 Å². The third kappa shape index (κ3) is 6.15. The number of benzene rings is 3. The average Bonchev–Trinajstić information content (AvgIpc) is 3.28. The van der Waals surface area contributed by atoms with Gasteiger partial charge in [0.2, 0.25) is 11.8 Å². The summed E-state index contributed by atoms with van der Waals surface area (Å²) in [7, 11) is 0. The smallest absolute Gasteiger partial charge is 0.259 e. The molecular weight excluding hydrogens is 522 g/mol. The number of rotatable bonds is 9. The van der Waals surface area contributed by atoms with Crippen LogP contribution in [0.5, 0.6) is 0 Å². The molecule has 0 radical (unpaired) electrons. The zero-order valence-electron chi connectivity index (χ0n) is 22.5. The fourth-order valence-corrected chi connectivity index (χ4v) is 5.67. The van der Waals surface area contributed by atoms with Gasteiger partial charge in [0.15, 0.2) is 5.17 Å². The quantitative estimate of drug-likeness (QED) is 0.395. The number of aryl methyl sites for hydroxylation is 1. The van der Waals surface area contributed by atoms with Gasteiger partial charge < -0.3 is 10.6 Å². The van der Waals surface area contributed by atoms with Gasteiger partial charge in [-0.3, -0.25) is 19.4 Å². The fourth-order valence-electron chi connectivity index (χ4n) is 4.65. The summed E-state index contributed by atoms with van der Waals surface area (Å²) in [5.74, 6) is -0.252. The third-order valence-corrected chi connectivity index (χ3v) is 8.02. The summed E-state index contributed by atoms with van der Waals surface area (Å²) in [5, 5.41) is 5.79. The summed E-state index contributed by atoms with van der Waals surface area (Å²) in [5.41, 5.74) is 4.30. The Balaban J connectivity index is 1.30. The molecule has 0 aliphatic carbocycles. The Kier molecular flexibility index (Phi) is 8.40. The lowest BCUT2D eigenvalue weighted by atomic mass is 10.1. The van der Waals surface area contributed by atoms with Gasteiger partial charge in [0.05, 0.1) is 17.4 Å². The maximum Gasteiger partial charge on any atom is 0.259 e. The number of hydrogen-bond donors (Lipinski definition) is 2. The number of hydrogen-bond acceptors (Lipinski definition) is 6. The normalized spacial score (nSPS) is 16.4. The zero-order valence-corrected chi connectivity index (χ0v) is 23.3. The maximum atomic E-state index is 13.6. The van der Waals surface area contributed by atoms with Gasteiger partial charge in [-0.25, -0.2) is 9.89 Å². The first-order valence-corrected chi connectivity index (χ1v) is 14.3. The summed E-state index contributed by atoms with van der Waals surface area (Å²) < 4.78 is 0. The Morgan fingerprint density at radius 3 is 2.58 bits per heavy atom. The minimum absolute atomic E-state index is 0.0568. The van der Waals surface area contributed by atoms with Gasteiger partial charge in [0, 0.05) is 17.8 Å². The van der Waals surface area contributed by atoms with Gasteiger partial charge in [0.25, 0.3) is 5.91 Å². The SMILES string of the molecule is CCC(SC1=Nc2ccccc2C2=NC(CC(=O)NCCc3ccccc3)C(=O)N12)C(=O)Nc1cccc(C)c1. The number of carbonyl (C=O) groups excluding carboxylic acids is 3. The van der Waals surface area contributed by atoms with E-state index in [4.69, 9.17) is 4.99 Å². The highest BCUT2D eigenvalue weighted by molar-refractivity contribution is 8.15. The number of thioether (sulfide) groups is 1. The molecule has 2 aliphatic rings. The lowest BCUT2D eigenvalue weighted by Crippen LogP contribution is -2.43. The molecule has 3 aromatic carbocycles. The molecule has 0 saturated carbocycles. The van der Waals surface area contributed by atoms with E-state index < -0.39 is 11.3 Å². The molecule has 2 heterocycles. The maximum absolute atomic E-state index is 13.6. The van der Waals surface area contributed by atoms with E-state index in [0.29, 0.717) is 36.1 Å². The highest BCUT2D eigenvalue weighted by Gasteiger charge is 2.43. The molecule has 5 rings (SSSR count). The molecule has 40 heavy (non-hydrogen) atoms. The molecule has 0 fully saturated rings. The largest absolute Gasteiger partial charge is 0.356 e. The monoisotopic (exact) mass is 553 g/mol. The van der Waals surface area contributed by atoms with Gasteiger partial charge in [-0.05, 0) is 55.2 Å². The first-order chi connectivity index (χ1) is 19.4. The second-order valence-corrected chi connectivity index (χ2v) is 10.9. The minimum Gasteiger partial charge on any atom is -0.356 e. The van der Waals surface area contributed by atoms with Crippen molar-refractivity contribution in [3.8, 4) is 0 Å². The number of para-hydroxylation sites is 1. The number of nitrogens with one attached hydrogen (secondary N) is 2. The lowest BCUT2D eigenvalue weighted by Gasteiger charge is -2.27. The van der Waals surface area contributed by atoms with Crippen molar-refractivity contribution in [2.24, 2.45) is 9.98 Å². The average molecular weight is 554 g/mol. The van der Waals surface area contributed by atoms with Gasteiger partial charge in [-0.15, -0.1) is 0 Å². The lowest BCUT2D eigenvalue weighted by molar-refractivity contribution is -0.128. The van der Waals surface area contributed by atoms with Crippen LogP contribution in [-0.4, -0.2) is 51.5 Å². The number of amidine groups is 2. The summed E-state index contributed by atoms with van der Waals surface area (Å²) in [6, 6.07) is 24.1. The Morgan fingerprint density at radius 2 is 1.80 bits per heavy atom. The van der Waals surface area contributed by atoms with Crippen LogP contribution < -0.4 is 10.6 Å². The highest BCUT2D eigenvalue weighted by Crippen LogP contribution is 2.35. The van der Waals surface area contributed by atoms with E-state index >= 15 is 0 Å². The van der Waals surface area contributed by atoms with Crippen molar-refractivity contribution in [2.75, 3.05) is 11.9 Å². The van der Waals surface area contributed by atoms with E-state index in [1.54, 1.807) is 0 Å². The number of fused-ring (bicyclic) bond motifs is 3. The molecule has 0 spiro atoms. The van der Waals surface area contributed by atoms with Crippen LogP contribution in [0.3, 0.4) is 0 Å². The molecule has 8 nitrogen and oxygen atoms in total. The Labute approximate surface area is 238 Å². The van der Waals surface area contributed by atoms with E-state index in [-0.39, 0.29) is 24.1 Å². The number of nitrogens with zero attached hydrogens (tertiary/aromatic N) is 3. The fraction of sp³-hybridized carbons (Fsp3) is 0.258. The summed E-state index contributed by atoms with van der Waals surface area (Å²) >= 11 is 1.24. The van der Waals surface area contributed by atoms with Gasteiger partial charge >= 0.3 is 0 Å². The van der Waals surface area contributed by atoms with Crippen molar-refractivity contribution in [3.05, 3.63) is 95.6 Å². The van der Waals surface area contributed by atoms with E-state index in [1.165, 1.54) is 16.7 Å². The summed E-state index contributed by atoms with van der Waals surface area (Å²) in [6.45, 7) is 4.37. The molecule has 0 aromatic heterocycles. The van der Waals surface area contributed by atoms with Crippen LogP contribution >= 0.6 is 11.8 Å². The predicted molar refractivity (Wildman–Crippen MR) is 160 cm³/mol. The van der Waals surface area contributed by atoms with Crippen LogP contribution in [0.2, 0.25) is 0 Å². The third-order valence-electron chi connectivity index (χ3n) is 6.70. The summed E-state index contributed by atoms with van der Waals surface area (Å²) in [4.78, 5) is 50.4. The van der Waals surface area contributed by atoms with Crippen LogP contribution in [0, 0.1) is 6.92 Å². The van der Waals surface area contributed by atoms with Crippen molar-refractivity contribution in [1.29, 1.82) is 0 Å². The van der Waals surface area contributed by atoms with Crippen LogP contribution in [0.1, 0.15) is 36.5 Å². The first-order valence-electron chi connectivity index (χ1n) is 13.4. The second kappa shape index (κ2) is 12.3. The van der Waals surface area contributed by atoms with Crippen molar-refractivity contribution in [2.45, 2.75) is 44.4 Å². The molecule has 2 unspecified atom stereocenters. The molecule has 9 heteroatoms. The van der Waals surface area contributed by atoms with Crippen LogP contribution in [0.15, 0.2) is 88.8 Å². The minimum atomic E-state index is -0.857. The molecule has 3 aromatic rings. The molecule has 0 bridgehead atoms. The van der Waals surface area contributed by atoms with Crippen LogP contribution in [0.25, 0.3) is 0 Å². The molecule has 2 N–H and O–H groups in total. The molecule has 204 valence electrons. The van der Waals surface area contributed by atoms with Crippen molar-refractivity contribution < 1.29 is 14.4 Å². The number of carbonyl (C=O) groups is 3. The molecule has 0 saturated heterocycles. The van der Waals surface area contributed by atoms with Gasteiger partial charge in [-0.1, -0.05) is 73.3 Å². The number of amides is 3. The molecule has 2 atom stereocenters. The highest BCUT2D eigenvalue weighted by atomic mass is 32.2. The van der Waals surface area contributed by atoms with Crippen LogP contribution in [-0.2, 0) is 20.8 Å². The van der Waals surface area contributed by atoms with E-state index in [0.717, 1.165) is 22.4 Å². The van der Waals surface area contributed by atoms with Crippen molar-refractivity contribution >= 4 is 51.9 Å². The molecule has 3 amide bonds. The standard InChI is InChI=1S/C31H31N5O3S/c1-3-26(29(38)33-22-13-9-10-20(2)18-22)40-31-35-24-15-8-7-14-23(24)28-34-25(30(39)36(28)31)19-27(37)32-17-16-21-11-5-4-6-12-21/h4-15,18,25-26H,3,16-17,19H2,1-2H3,(H,32,37)(H,33,38). The van der Waals surface area contributed by atoms with E-state index in [1.807, 2.05) is 92.7 Å². The Morgan fingerprint density at radius 1 is 1.02 bits per heavy atom. The van der Waals surface area contributed by atoms with E-state index in [2.05, 4.69) is 15.6 Å². The zero-order chi connectivity index (χ0) is 28.1. The van der Waals surface area contributed by atoms with Gasteiger partial charge in [0.1, 0.15) is 11.9 Å². The predicted octanol–water partition coefficient (Wildman–Crippen LogP) is 4.85. The number of anilines is 1. The topological polar surface area (TPSA) is 103 Å². The second-order valence-electron chi connectivity index (χ2n) is 9.72. The first kappa shape index (κ1) is 27.3. The van der Waals surface area contributed by atoms with Gasteiger partial charge in [-0.2, -0.15) is 0 Å². The summed E-state index contributed by atoms with van der Waals surface area (Å²) in [6.07, 6.45) is 1.18. The van der Waals surface area contributed by atoms with Crippen molar-refractivity contribution in [3.63, 3.8) is 0 Å². The Bertz CT molecular complexity index is 1490.